The Balaban J connectivity index is 1.46. The van der Waals surface area contributed by atoms with Gasteiger partial charge in [-0.05, 0) is 63.7 Å². The SMILES string of the molecule is CCNC(=NCC(c1cccs1)N1CCCC1)NCCCNC(=O)c1occc1C. The summed E-state index contributed by atoms with van der Waals surface area (Å²) in [6.07, 6.45) is 4.88. The van der Waals surface area contributed by atoms with E-state index in [9.17, 15) is 4.79 Å². The number of rotatable bonds is 10. The normalized spacial score (nSPS) is 15.9. The zero-order valence-electron chi connectivity index (χ0n) is 17.9. The van der Waals surface area contributed by atoms with Crippen LogP contribution in [0.25, 0.3) is 0 Å². The van der Waals surface area contributed by atoms with Crippen LogP contribution in [0.15, 0.2) is 39.3 Å². The monoisotopic (exact) mass is 431 g/mol. The van der Waals surface area contributed by atoms with Gasteiger partial charge in [0.15, 0.2) is 11.7 Å². The fourth-order valence-electron chi connectivity index (χ4n) is 3.62. The van der Waals surface area contributed by atoms with Crippen molar-refractivity contribution >= 4 is 23.2 Å². The first-order valence-electron chi connectivity index (χ1n) is 10.8. The molecule has 3 N–H and O–H groups in total. The zero-order chi connectivity index (χ0) is 21.2. The van der Waals surface area contributed by atoms with Crippen LogP contribution in [0.3, 0.4) is 0 Å². The number of hydrogen-bond acceptors (Lipinski definition) is 5. The molecule has 1 saturated heterocycles. The standard InChI is InChI=1S/C22H33N5O2S/c1-3-23-22(25-11-7-10-24-21(28)20-17(2)9-14-29-20)26-16-18(19-8-6-15-30-19)27-12-4-5-13-27/h6,8-9,14-15,18H,3-5,7,10-13,16H2,1-2H3,(H,24,28)(H2,23,25,26). The first kappa shape index (κ1) is 22.4. The summed E-state index contributed by atoms with van der Waals surface area (Å²) >= 11 is 1.81. The number of nitrogens with one attached hydrogen (secondary N) is 3. The predicted molar refractivity (Wildman–Crippen MR) is 122 cm³/mol. The van der Waals surface area contributed by atoms with Crippen LogP contribution in [0.4, 0.5) is 0 Å². The molecule has 1 aliphatic rings. The Labute approximate surface area is 182 Å². The Morgan fingerprint density at radius 1 is 1.23 bits per heavy atom. The minimum Gasteiger partial charge on any atom is -0.459 e. The fraction of sp³-hybridized carbons (Fsp3) is 0.545. The quantitative estimate of drug-likeness (QED) is 0.306. The highest BCUT2D eigenvalue weighted by molar-refractivity contribution is 7.10. The molecule has 8 heteroatoms. The van der Waals surface area contributed by atoms with Crippen molar-refractivity contribution in [2.45, 2.75) is 39.2 Å². The summed E-state index contributed by atoms with van der Waals surface area (Å²) in [5.41, 5.74) is 0.852. The van der Waals surface area contributed by atoms with Crippen molar-refractivity contribution in [3.63, 3.8) is 0 Å². The highest BCUT2D eigenvalue weighted by Crippen LogP contribution is 2.28. The number of nitrogens with zero attached hydrogens (tertiary/aromatic N) is 2. The van der Waals surface area contributed by atoms with Crippen molar-refractivity contribution in [3.05, 3.63) is 46.0 Å². The average Bonchev–Trinajstić information content (AvgIpc) is 3.51. The van der Waals surface area contributed by atoms with E-state index in [2.05, 4.69) is 45.3 Å². The number of carbonyl (C=O) groups is 1. The van der Waals surface area contributed by atoms with Gasteiger partial charge in [0.1, 0.15) is 0 Å². The van der Waals surface area contributed by atoms with E-state index >= 15 is 0 Å². The Morgan fingerprint density at radius 2 is 2.03 bits per heavy atom. The van der Waals surface area contributed by atoms with E-state index < -0.39 is 0 Å². The number of thiophene rings is 1. The Morgan fingerprint density at radius 3 is 2.70 bits per heavy atom. The van der Waals surface area contributed by atoms with Crippen molar-refractivity contribution in [1.82, 2.24) is 20.9 Å². The van der Waals surface area contributed by atoms with Crippen LogP contribution in [-0.2, 0) is 0 Å². The zero-order valence-corrected chi connectivity index (χ0v) is 18.8. The number of likely N-dealkylation sites (tertiary alicyclic amines) is 1. The summed E-state index contributed by atoms with van der Waals surface area (Å²) in [5, 5.41) is 11.7. The van der Waals surface area contributed by atoms with Gasteiger partial charge in [0, 0.05) is 30.1 Å². The van der Waals surface area contributed by atoms with Crippen LogP contribution < -0.4 is 16.0 Å². The second kappa shape index (κ2) is 11.8. The first-order chi connectivity index (χ1) is 14.7. The maximum atomic E-state index is 12.1. The summed E-state index contributed by atoms with van der Waals surface area (Å²) in [7, 11) is 0. The number of furan rings is 1. The average molecular weight is 432 g/mol. The molecule has 3 heterocycles. The summed E-state index contributed by atoms with van der Waals surface area (Å²) < 4.78 is 5.22. The van der Waals surface area contributed by atoms with Gasteiger partial charge in [-0.15, -0.1) is 11.3 Å². The fourth-order valence-corrected chi connectivity index (χ4v) is 4.47. The lowest BCUT2D eigenvalue weighted by molar-refractivity contribution is 0.0925. The van der Waals surface area contributed by atoms with Crippen LogP contribution in [0.5, 0.6) is 0 Å². The van der Waals surface area contributed by atoms with Crippen LogP contribution in [0.1, 0.15) is 53.2 Å². The van der Waals surface area contributed by atoms with Gasteiger partial charge < -0.3 is 20.4 Å². The van der Waals surface area contributed by atoms with E-state index in [0.29, 0.717) is 18.3 Å². The van der Waals surface area contributed by atoms with Gasteiger partial charge in [-0.25, -0.2) is 0 Å². The Bertz CT molecular complexity index is 796. The summed E-state index contributed by atoms with van der Waals surface area (Å²) in [4.78, 5) is 20.9. The maximum Gasteiger partial charge on any atom is 0.287 e. The molecule has 2 aromatic rings. The molecule has 3 rings (SSSR count). The molecular weight excluding hydrogens is 398 g/mol. The minimum atomic E-state index is -0.164. The lowest BCUT2D eigenvalue weighted by atomic mass is 10.2. The number of guanidine groups is 1. The molecule has 0 bridgehead atoms. The molecule has 0 aromatic carbocycles. The van der Waals surface area contributed by atoms with Crippen molar-refractivity contribution in [3.8, 4) is 0 Å². The van der Waals surface area contributed by atoms with Crippen molar-refractivity contribution in [2.24, 2.45) is 4.99 Å². The Kier molecular flexibility index (Phi) is 8.77. The molecule has 0 radical (unpaired) electrons. The van der Waals surface area contributed by atoms with Gasteiger partial charge in [0.05, 0.1) is 18.8 Å². The van der Waals surface area contributed by atoms with E-state index in [1.165, 1.54) is 24.0 Å². The molecule has 0 aliphatic carbocycles. The molecular formula is C22H33N5O2S. The lowest BCUT2D eigenvalue weighted by Crippen LogP contribution is -2.39. The van der Waals surface area contributed by atoms with Gasteiger partial charge in [0.2, 0.25) is 0 Å². The molecule has 1 amide bonds. The van der Waals surface area contributed by atoms with Crippen molar-refractivity contribution < 1.29 is 9.21 Å². The van der Waals surface area contributed by atoms with Gasteiger partial charge in [-0.1, -0.05) is 6.07 Å². The highest BCUT2D eigenvalue weighted by atomic mass is 32.1. The van der Waals surface area contributed by atoms with Crippen molar-refractivity contribution in [1.29, 1.82) is 0 Å². The Hall–Kier alpha value is -2.32. The van der Waals surface area contributed by atoms with Crippen LogP contribution in [0, 0.1) is 6.92 Å². The van der Waals surface area contributed by atoms with Crippen LogP contribution >= 0.6 is 11.3 Å². The van der Waals surface area contributed by atoms with Gasteiger partial charge in [-0.3, -0.25) is 14.7 Å². The second-order valence-corrected chi connectivity index (χ2v) is 8.44. The molecule has 1 fully saturated rings. The lowest BCUT2D eigenvalue weighted by Gasteiger charge is -2.25. The van der Waals surface area contributed by atoms with Gasteiger partial charge >= 0.3 is 0 Å². The number of aryl methyl sites for hydroxylation is 1. The number of aliphatic imine (C=N–C) groups is 1. The predicted octanol–water partition coefficient (Wildman–Crippen LogP) is 3.16. The van der Waals surface area contributed by atoms with Crippen molar-refractivity contribution in [2.75, 3.05) is 39.3 Å². The number of amides is 1. The largest absolute Gasteiger partial charge is 0.459 e. The van der Waals surface area contributed by atoms with Crippen LogP contribution in [0.2, 0.25) is 0 Å². The molecule has 0 spiro atoms. The van der Waals surface area contributed by atoms with E-state index in [0.717, 1.165) is 50.7 Å². The summed E-state index contributed by atoms with van der Waals surface area (Å²) in [6, 6.07) is 6.47. The minimum absolute atomic E-state index is 0.164. The van der Waals surface area contributed by atoms with E-state index in [4.69, 9.17) is 9.41 Å². The topological polar surface area (TPSA) is 81.9 Å². The van der Waals surface area contributed by atoms with Crippen LogP contribution in [-0.4, -0.2) is 56.0 Å². The molecule has 1 unspecified atom stereocenters. The molecule has 164 valence electrons. The molecule has 1 aliphatic heterocycles. The first-order valence-corrected chi connectivity index (χ1v) is 11.7. The smallest absolute Gasteiger partial charge is 0.287 e. The molecule has 1 atom stereocenters. The molecule has 2 aromatic heterocycles. The van der Waals surface area contributed by atoms with E-state index in [1.807, 2.05) is 18.3 Å². The number of carbonyl (C=O) groups excluding carboxylic acids is 1. The third-order valence-electron chi connectivity index (χ3n) is 5.22. The maximum absolute atomic E-state index is 12.1. The second-order valence-electron chi connectivity index (χ2n) is 7.46. The summed E-state index contributed by atoms with van der Waals surface area (Å²) in [5.74, 6) is 1.05. The van der Waals surface area contributed by atoms with E-state index in [1.54, 1.807) is 6.07 Å². The van der Waals surface area contributed by atoms with E-state index in [-0.39, 0.29) is 5.91 Å². The molecule has 7 nitrogen and oxygen atoms in total. The third-order valence-corrected chi connectivity index (χ3v) is 6.19. The third kappa shape index (κ3) is 6.34. The summed E-state index contributed by atoms with van der Waals surface area (Å²) in [6.45, 7) is 9.10. The molecule has 0 saturated carbocycles. The number of hydrogen-bond donors (Lipinski definition) is 3. The van der Waals surface area contributed by atoms with Gasteiger partial charge in [-0.2, -0.15) is 0 Å². The molecule has 30 heavy (non-hydrogen) atoms. The van der Waals surface area contributed by atoms with Gasteiger partial charge in [0.25, 0.3) is 5.91 Å². The highest BCUT2D eigenvalue weighted by Gasteiger charge is 2.24.